The topological polar surface area (TPSA) is 50.2 Å². The maximum atomic E-state index is 11.1. The largest absolute Gasteiger partial charge is 0.478 e. The van der Waals surface area contributed by atoms with Crippen molar-refractivity contribution in [3.8, 4) is 11.3 Å². The zero-order valence-electron chi connectivity index (χ0n) is 12.6. The number of hydrogen-bond donors (Lipinski definition) is 1. The summed E-state index contributed by atoms with van der Waals surface area (Å²) in [5, 5.41) is 9.43. The van der Waals surface area contributed by atoms with Crippen molar-refractivity contribution in [2.75, 3.05) is 0 Å². The van der Waals surface area contributed by atoms with Gasteiger partial charge in [0.05, 0.1) is 22.0 Å². The lowest BCUT2D eigenvalue weighted by Crippen LogP contribution is -2.10. The number of pyridine rings is 1. The lowest BCUT2D eigenvalue weighted by molar-refractivity contribution is 0.0695. The molecular weight excluding hydrogens is 286 g/mol. The fourth-order valence-electron chi connectivity index (χ4n) is 2.13. The number of carbonyl (C=O) groups is 1. The van der Waals surface area contributed by atoms with E-state index in [1.165, 1.54) is 11.6 Å². The molecule has 2 rings (SSSR count). The van der Waals surface area contributed by atoms with Crippen LogP contribution in [-0.4, -0.2) is 16.1 Å². The predicted octanol–water partition coefficient (Wildman–Crippen LogP) is 4.71. The summed E-state index contributed by atoms with van der Waals surface area (Å²) in [6.07, 6.45) is 0. The van der Waals surface area contributed by atoms with E-state index in [0.29, 0.717) is 16.4 Å². The van der Waals surface area contributed by atoms with Gasteiger partial charge in [0.2, 0.25) is 0 Å². The summed E-state index contributed by atoms with van der Waals surface area (Å²) < 4.78 is 0. The minimum absolute atomic E-state index is 0.0822. The van der Waals surface area contributed by atoms with Gasteiger partial charge in [0.1, 0.15) is 0 Å². The molecule has 1 aromatic heterocycles. The smallest absolute Gasteiger partial charge is 0.337 e. The average molecular weight is 304 g/mol. The van der Waals surface area contributed by atoms with E-state index in [2.05, 4.69) is 25.8 Å². The number of carboxylic acid groups (broad SMARTS) is 1. The monoisotopic (exact) mass is 303 g/mol. The molecule has 1 heterocycles. The first-order valence-electron chi connectivity index (χ1n) is 6.71. The van der Waals surface area contributed by atoms with E-state index in [-0.39, 0.29) is 11.0 Å². The molecule has 2 aromatic rings. The zero-order valence-corrected chi connectivity index (χ0v) is 13.3. The molecule has 21 heavy (non-hydrogen) atoms. The third-order valence-corrected chi connectivity index (χ3v) is 3.71. The van der Waals surface area contributed by atoms with Crippen molar-refractivity contribution in [3.05, 3.63) is 52.2 Å². The minimum atomic E-state index is -1.02. The molecule has 4 heteroatoms. The molecular formula is C17H18ClNO2. The normalized spacial score (nSPS) is 11.5. The van der Waals surface area contributed by atoms with Crippen LogP contribution in [0.2, 0.25) is 5.02 Å². The van der Waals surface area contributed by atoms with Gasteiger partial charge in [-0.2, -0.15) is 0 Å². The Morgan fingerprint density at radius 3 is 2.24 bits per heavy atom. The molecule has 0 aliphatic carbocycles. The molecule has 0 unspecified atom stereocenters. The van der Waals surface area contributed by atoms with E-state index in [4.69, 9.17) is 16.7 Å². The third-order valence-electron chi connectivity index (χ3n) is 3.42. The van der Waals surface area contributed by atoms with E-state index in [1.54, 1.807) is 6.92 Å². The molecule has 0 fully saturated rings. The van der Waals surface area contributed by atoms with Crippen molar-refractivity contribution >= 4 is 17.6 Å². The van der Waals surface area contributed by atoms with Crippen LogP contribution in [0.4, 0.5) is 0 Å². The van der Waals surface area contributed by atoms with Gasteiger partial charge in [-0.3, -0.25) is 4.98 Å². The summed E-state index contributed by atoms with van der Waals surface area (Å²) in [5.74, 6) is -1.02. The molecule has 0 aliphatic heterocycles. The summed E-state index contributed by atoms with van der Waals surface area (Å²) >= 11 is 6.18. The van der Waals surface area contributed by atoms with Crippen LogP contribution in [0.1, 0.15) is 42.4 Å². The number of nitrogens with zero attached hydrogens (tertiary/aromatic N) is 1. The second-order valence-electron chi connectivity index (χ2n) is 6.08. The molecule has 0 bridgehead atoms. The molecule has 1 aromatic carbocycles. The molecule has 0 atom stereocenters. The molecule has 3 nitrogen and oxygen atoms in total. The number of aryl methyl sites for hydroxylation is 1. The summed E-state index contributed by atoms with van der Waals surface area (Å²) in [5.41, 5.74) is 3.39. The Bertz CT molecular complexity index is 685. The Morgan fingerprint density at radius 1 is 1.19 bits per heavy atom. The third kappa shape index (κ3) is 3.24. The highest BCUT2D eigenvalue weighted by molar-refractivity contribution is 6.33. The maximum Gasteiger partial charge on any atom is 0.337 e. The van der Waals surface area contributed by atoms with Crippen molar-refractivity contribution in [2.24, 2.45) is 0 Å². The van der Waals surface area contributed by atoms with Crippen molar-refractivity contribution in [2.45, 2.75) is 33.1 Å². The molecule has 1 N–H and O–H groups in total. The molecule has 0 radical (unpaired) electrons. The number of benzene rings is 1. The number of rotatable bonds is 2. The Labute approximate surface area is 129 Å². The van der Waals surface area contributed by atoms with Crippen LogP contribution in [0.5, 0.6) is 0 Å². The van der Waals surface area contributed by atoms with E-state index in [0.717, 1.165) is 5.56 Å². The predicted molar refractivity (Wildman–Crippen MR) is 85.1 cm³/mol. The highest BCUT2D eigenvalue weighted by Gasteiger charge is 2.16. The molecule has 110 valence electrons. The Kier molecular flexibility index (Phi) is 4.06. The average Bonchev–Trinajstić information content (AvgIpc) is 2.40. The van der Waals surface area contributed by atoms with Crippen LogP contribution in [0.25, 0.3) is 11.3 Å². The Hall–Kier alpha value is -1.87. The van der Waals surface area contributed by atoms with Gasteiger partial charge in [-0.15, -0.1) is 0 Å². The van der Waals surface area contributed by atoms with Crippen LogP contribution >= 0.6 is 11.6 Å². The molecule has 0 saturated heterocycles. The molecule has 0 aliphatic rings. The second kappa shape index (κ2) is 5.49. The van der Waals surface area contributed by atoms with E-state index in [1.807, 2.05) is 24.3 Å². The summed E-state index contributed by atoms with van der Waals surface area (Å²) in [4.78, 5) is 15.4. The van der Waals surface area contributed by atoms with Gasteiger partial charge in [0.25, 0.3) is 0 Å². The van der Waals surface area contributed by atoms with Crippen LogP contribution in [0.3, 0.4) is 0 Å². The van der Waals surface area contributed by atoms with Gasteiger partial charge in [-0.05, 0) is 24.0 Å². The van der Waals surface area contributed by atoms with Crippen LogP contribution < -0.4 is 0 Å². The van der Waals surface area contributed by atoms with Crippen molar-refractivity contribution < 1.29 is 9.90 Å². The first-order chi connectivity index (χ1) is 9.70. The Morgan fingerprint density at radius 2 is 1.76 bits per heavy atom. The maximum absolute atomic E-state index is 11.1. The van der Waals surface area contributed by atoms with E-state index in [9.17, 15) is 4.79 Å². The van der Waals surface area contributed by atoms with Crippen LogP contribution in [0.15, 0.2) is 30.3 Å². The molecule has 0 spiro atoms. The quantitative estimate of drug-likeness (QED) is 0.874. The minimum Gasteiger partial charge on any atom is -0.478 e. The second-order valence-corrected chi connectivity index (χ2v) is 6.49. The highest BCUT2D eigenvalue weighted by Crippen LogP contribution is 2.30. The van der Waals surface area contributed by atoms with Crippen LogP contribution in [-0.2, 0) is 5.41 Å². The standard InChI is InChI=1S/C17H18ClNO2/c1-10-13(16(20)21)9-14(18)15(19-10)11-5-7-12(8-6-11)17(2,3)4/h5-9H,1-4H3,(H,20,21). The number of halogens is 1. The van der Waals surface area contributed by atoms with Gasteiger partial charge >= 0.3 is 5.97 Å². The first-order valence-corrected chi connectivity index (χ1v) is 7.09. The summed E-state index contributed by atoms with van der Waals surface area (Å²) in [6.45, 7) is 8.13. The Balaban J connectivity index is 2.48. The van der Waals surface area contributed by atoms with Crippen molar-refractivity contribution in [3.63, 3.8) is 0 Å². The molecule has 0 amide bonds. The number of hydrogen-bond acceptors (Lipinski definition) is 2. The number of aromatic carboxylic acids is 1. The van der Waals surface area contributed by atoms with Crippen molar-refractivity contribution in [1.29, 1.82) is 0 Å². The fraction of sp³-hybridized carbons (Fsp3) is 0.294. The highest BCUT2D eigenvalue weighted by atomic mass is 35.5. The zero-order chi connectivity index (χ0) is 15.8. The summed E-state index contributed by atoms with van der Waals surface area (Å²) in [7, 11) is 0. The summed E-state index contributed by atoms with van der Waals surface area (Å²) in [6, 6.07) is 9.49. The van der Waals surface area contributed by atoms with E-state index < -0.39 is 5.97 Å². The van der Waals surface area contributed by atoms with Gasteiger partial charge in [0.15, 0.2) is 0 Å². The van der Waals surface area contributed by atoms with Gasteiger partial charge in [-0.1, -0.05) is 56.6 Å². The van der Waals surface area contributed by atoms with E-state index >= 15 is 0 Å². The fourth-order valence-corrected chi connectivity index (χ4v) is 2.39. The lowest BCUT2D eigenvalue weighted by Gasteiger charge is -2.19. The number of aromatic nitrogens is 1. The van der Waals surface area contributed by atoms with Gasteiger partial charge in [-0.25, -0.2) is 4.79 Å². The SMILES string of the molecule is Cc1nc(-c2ccc(C(C)(C)C)cc2)c(Cl)cc1C(=O)O. The van der Waals surface area contributed by atoms with Crippen LogP contribution in [0, 0.1) is 6.92 Å². The molecule has 0 saturated carbocycles. The van der Waals surface area contributed by atoms with Crippen molar-refractivity contribution in [1.82, 2.24) is 4.98 Å². The van der Waals surface area contributed by atoms with Gasteiger partial charge < -0.3 is 5.11 Å². The number of carboxylic acids is 1. The lowest BCUT2D eigenvalue weighted by atomic mass is 9.86. The van der Waals surface area contributed by atoms with Gasteiger partial charge in [0, 0.05) is 5.56 Å². The first kappa shape index (κ1) is 15.5.